The van der Waals surface area contributed by atoms with E-state index in [0.29, 0.717) is 0 Å². The lowest BCUT2D eigenvalue weighted by Crippen LogP contribution is -1.99. The van der Waals surface area contributed by atoms with Gasteiger partial charge < -0.3 is 0 Å². The fourth-order valence-corrected chi connectivity index (χ4v) is 2.19. The monoisotopic (exact) mass is 193 g/mol. The van der Waals surface area contributed by atoms with Crippen molar-refractivity contribution in [2.75, 3.05) is 0 Å². The number of hydrogen-bond donors (Lipinski definition) is 0. The SMILES string of the molecule is CC1=CCc2cc3ccccc3cc2[CH]1. The van der Waals surface area contributed by atoms with Crippen LogP contribution in [-0.2, 0) is 6.42 Å². The lowest BCUT2D eigenvalue weighted by atomic mass is 9.90. The molecule has 0 saturated heterocycles. The summed E-state index contributed by atoms with van der Waals surface area (Å²) in [5.41, 5.74) is 4.20. The molecule has 1 radical (unpaired) electrons. The minimum Gasteiger partial charge on any atom is -0.0805 e. The first-order chi connectivity index (χ1) is 7.33. The first-order valence-corrected chi connectivity index (χ1v) is 5.36. The van der Waals surface area contributed by atoms with Crippen LogP contribution in [0.15, 0.2) is 48.0 Å². The molecule has 0 heterocycles. The summed E-state index contributed by atoms with van der Waals surface area (Å²) < 4.78 is 0. The van der Waals surface area contributed by atoms with Crippen molar-refractivity contribution in [3.63, 3.8) is 0 Å². The van der Waals surface area contributed by atoms with Crippen LogP contribution in [0.1, 0.15) is 18.1 Å². The molecule has 0 saturated carbocycles. The molecule has 0 aromatic heterocycles. The molecule has 0 amide bonds. The second-order valence-corrected chi connectivity index (χ2v) is 4.19. The van der Waals surface area contributed by atoms with Gasteiger partial charge in [0.1, 0.15) is 0 Å². The van der Waals surface area contributed by atoms with Crippen LogP contribution >= 0.6 is 0 Å². The van der Waals surface area contributed by atoms with Gasteiger partial charge in [0.2, 0.25) is 0 Å². The zero-order valence-corrected chi connectivity index (χ0v) is 8.83. The summed E-state index contributed by atoms with van der Waals surface area (Å²) in [6.45, 7) is 2.16. The summed E-state index contributed by atoms with van der Waals surface area (Å²) in [6.07, 6.45) is 5.63. The summed E-state index contributed by atoms with van der Waals surface area (Å²) in [6, 6.07) is 13.2. The molecule has 73 valence electrons. The highest BCUT2D eigenvalue weighted by atomic mass is 14.1. The Kier molecular flexibility index (Phi) is 1.88. The Balaban J connectivity index is 2.23. The maximum atomic E-state index is 2.31. The zero-order valence-electron chi connectivity index (χ0n) is 8.83. The summed E-state index contributed by atoms with van der Waals surface area (Å²) in [4.78, 5) is 0. The van der Waals surface area contributed by atoms with Crippen LogP contribution in [0.5, 0.6) is 0 Å². The fourth-order valence-electron chi connectivity index (χ4n) is 2.19. The van der Waals surface area contributed by atoms with Gasteiger partial charge in [0, 0.05) is 6.42 Å². The second-order valence-electron chi connectivity index (χ2n) is 4.19. The lowest BCUT2D eigenvalue weighted by molar-refractivity contribution is 1.15. The average Bonchev–Trinajstić information content (AvgIpc) is 2.26. The standard InChI is InChI=1S/C15H13/c1-11-6-7-14-9-12-4-2-3-5-13(12)10-15(14)8-11/h2-6,8-10H,7H2,1H3. The first-order valence-electron chi connectivity index (χ1n) is 5.36. The van der Waals surface area contributed by atoms with Crippen LogP contribution < -0.4 is 0 Å². The van der Waals surface area contributed by atoms with E-state index in [-0.39, 0.29) is 0 Å². The zero-order chi connectivity index (χ0) is 10.3. The normalized spacial score (nSPS) is 14.9. The van der Waals surface area contributed by atoms with Crippen molar-refractivity contribution in [1.82, 2.24) is 0 Å². The molecule has 0 fully saturated rings. The van der Waals surface area contributed by atoms with Crippen LogP contribution in [0.4, 0.5) is 0 Å². The van der Waals surface area contributed by atoms with Gasteiger partial charge in [-0.3, -0.25) is 0 Å². The van der Waals surface area contributed by atoms with Crippen molar-refractivity contribution in [3.8, 4) is 0 Å². The lowest BCUT2D eigenvalue weighted by Gasteiger charge is -2.15. The predicted octanol–water partition coefficient (Wildman–Crippen LogP) is 3.89. The van der Waals surface area contributed by atoms with Crippen LogP contribution in [-0.4, -0.2) is 0 Å². The Morgan fingerprint density at radius 2 is 1.73 bits per heavy atom. The van der Waals surface area contributed by atoms with Crippen molar-refractivity contribution < 1.29 is 0 Å². The molecule has 0 nitrogen and oxygen atoms in total. The number of hydrogen-bond acceptors (Lipinski definition) is 0. The van der Waals surface area contributed by atoms with Crippen molar-refractivity contribution in [2.24, 2.45) is 0 Å². The fraction of sp³-hybridized carbons (Fsp3) is 0.133. The predicted molar refractivity (Wildman–Crippen MR) is 64.8 cm³/mol. The molecular weight excluding hydrogens is 180 g/mol. The van der Waals surface area contributed by atoms with Crippen LogP contribution in [0.2, 0.25) is 0 Å². The van der Waals surface area contributed by atoms with Crippen LogP contribution in [0, 0.1) is 6.42 Å². The van der Waals surface area contributed by atoms with Crippen molar-refractivity contribution in [3.05, 3.63) is 65.6 Å². The summed E-state index contributed by atoms with van der Waals surface area (Å²) in [7, 11) is 0. The van der Waals surface area contributed by atoms with E-state index in [0.717, 1.165) is 6.42 Å². The largest absolute Gasteiger partial charge is 0.0805 e. The molecule has 0 heteroatoms. The highest BCUT2D eigenvalue weighted by Crippen LogP contribution is 2.27. The third kappa shape index (κ3) is 1.46. The third-order valence-electron chi connectivity index (χ3n) is 3.03. The van der Waals surface area contributed by atoms with Gasteiger partial charge in [0.15, 0.2) is 0 Å². The second kappa shape index (κ2) is 3.23. The number of fused-ring (bicyclic) bond motifs is 2. The van der Waals surface area contributed by atoms with E-state index in [1.54, 1.807) is 0 Å². The Morgan fingerprint density at radius 1 is 1.00 bits per heavy atom. The molecule has 0 bridgehead atoms. The van der Waals surface area contributed by atoms with E-state index in [1.807, 2.05) is 0 Å². The molecular formula is C15H13. The average molecular weight is 193 g/mol. The Morgan fingerprint density at radius 3 is 2.53 bits per heavy atom. The van der Waals surface area contributed by atoms with Crippen molar-refractivity contribution in [1.29, 1.82) is 0 Å². The molecule has 0 N–H and O–H groups in total. The number of benzene rings is 2. The van der Waals surface area contributed by atoms with E-state index >= 15 is 0 Å². The van der Waals surface area contributed by atoms with Crippen molar-refractivity contribution >= 4 is 10.8 Å². The Labute approximate surface area is 90.2 Å². The highest BCUT2D eigenvalue weighted by molar-refractivity contribution is 5.85. The van der Waals surface area contributed by atoms with E-state index in [2.05, 4.69) is 55.8 Å². The maximum absolute atomic E-state index is 2.31. The highest BCUT2D eigenvalue weighted by Gasteiger charge is 2.09. The van der Waals surface area contributed by atoms with Gasteiger partial charge in [-0.1, -0.05) is 48.0 Å². The van der Waals surface area contributed by atoms with Gasteiger partial charge in [-0.25, -0.2) is 0 Å². The molecule has 0 aliphatic heterocycles. The minimum absolute atomic E-state index is 1.07. The smallest absolute Gasteiger partial charge is 0.0155 e. The molecule has 2 aromatic carbocycles. The van der Waals surface area contributed by atoms with Gasteiger partial charge in [0.05, 0.1) is 0 Å². The van der Waals surface area contributed by atoms with E-state index < -0.39 is 0 Å². The number of rotatable bonds is 0. The maximum Gasteiger partial charge on any atom is 0.0155 e. The molecule has 1 aliphatic rings. The molecule has 15 heavy (non-hydrogen) atoms. The van der Waals surface area contributed by atoms with Gasteiger partial charge in [-0.15, -0.1) is 0 Å². The molecule has 0 atom stereocenters. The van der Waals surface area contributed by atoms with Crippen LogP contribution in [0.25, 0.3) is 10.8 Å². The Bertz CT molecular complexity index is 547. The summed E-state index contributed by atoms with van der Waals surface area (Å²) in [5, 5.41) is 2.68. The van der Waals surface area contributed by atoms with E-state index in [1.165, 1.54) is 27.5 Å². The minimum atomic E-state index is 1.07. The van der Waals surface area contributed by atoms with E-state index in [9.17, 15) is 0 Å². The summed E-state index contributed by atoms with van der Waals surface area (Å²) >= 11 is 0. The van der Waals surface area contributed by atoms with Gasteiger partial charge in [-0.05, 0) is 35.2 Å². The van der Waals surface area contributed by atoms with Crippen molar-refractivity contribution in [2.45, 2.75) is 13.3 Å². The third-order valence-corrected chi connectivity index (χ3v) is 3.03. The van der Waals surface area contributed by atoms with Crippen LogP contribution in [0.3, 0.4) is 0 Å². The topological polar surface area (TPSA) is 0 Å². The van der Waals surface area contributed by atoms with Gasteiger partial charge in [0.25, 0.3) is 0 Å². The summed E-state index contributed by atoms with van der Waals surface area (Å²) in [5.74, 6) is 0. The van der Waals surface area contributed by atoms with E-state index in [4.69, 9.17) is 0 Å². The van der Waals surface area contributed by atoms with Gasteiger partial charge >= 0.3 is 0 Å². The molecule has 0 spiro atoms. The quantitative estimate of drug-likeness (QED) is 0.595. The molecule has 2 aromatic rings. The first kappa shape index (κ1) is 8.72. The molecule has 3 rings (SSSR count). The molecule has 1 aliphatic carbocycles. The van der Waals surface area contributed by atoms with Gasteiger partial charge in [-0.2, -0.15) is 0 Å². The number of allylic oxidation sites excluding steroid dienone is 2. The Hall–Kier alpha value is -1.56. The molecule has 0 unspecified atom stereocenters.